The number of nitrogens with zero attached hydrogens (tertiary/aromatic N) is 1. The number of carbonyl (C=O) groups is 1. The first kappa shape index (κ1) is 22.9. The Morgan fingerprint density at radius 1 is 0.941 bits per heavy atom. The van der Waals surface area contributed by atoms with E-state index in [-0.39, 0.29) is 17.4 Å². The van der Waals surface area contributed by atoms with Gasteiger partial charge in [0.2, 0.25) is 0 Å². The van der Waals surface area contributed by atoms with Crippen LogP contribution in [0.25, 0.3) is 10.8 Å². The van der Waals surface area contributed by atoms with E-state index >= 15 is 0 Å². The number of hydrogen-bond acceptors (Lipinski definition) is 4. The van der Waals surface area contributed by atoms with Crippen molar-refractivity contribution in [1.29, 1.82) is 0 Å². The maximum atomic E-state index is 13.1. The van der Waals surface area contributed by atoms with E-state index in [2.05, 4.69) is 11.2 Å². The molecule has 4 aromatic carbocycles. The van der Waals surface area contributed by atoms with Gasteiger partial charge in [0, 0.05) is 18.3 Å². The number of hydrogen-bond donors (Lipinski definition) is 1. The van der Waals surface area contributed by atoms with Crippen LogP contribution in [0.15, 0.2) is 95.9 Å². The molecule has 4 rings (SSSR count). The van der Waals surface area contributed by atoms with Crippen LogP contribution in [0.1, 0.15) is 5.56 Å². The number of fused-ring (bicyclic) bond motifs is 1. The monoisotopic (exact) mass is 470 g/mol. The van der Waals surface area contributed by atoms with E-state index < -0.39 is 10.0 Å². The van der Waals surface area contributed by atoms with Crippen LogP contribution in [0.5, 0.6) is 5.75 Å². The lowest BCUT2D eigenvalue weighted by Gasteiger charge is -2.20. The molecule has 0 aliphatic heterocycles. The molecule has 0 unspecified atom stereocenters. The van der Waals surface area contributed by atoms with Gasteiger partial charge in [-0.05, 0) is 65.4 Å². The van der Waals surface area contributed by atoms with Crippen LogP contribution in [0, 0.1) is 12.3 Å². The first-order valence-corrected chi connectivity index (χ1v) is 11.9. The first-order chi connectivity index (χ1) is 16.4. The van der Waals surface area contributed by atoms with E-state index in [0.29, 0.717) is 22.7 Å². The number of carbonyl (C=O) groups excluding carboxylic acids is 1. The average molecular weight is 471 g/mol. The topological polar surface area (TPSA) is 75.7 Å². The van der Waals surface area contributed by atoms with Gasteiger partial charge < -0.3 is 10.1 Å². The molecule has 1 amide bonds. The van der Waals surface area contributed by atoms with Crippen molar-refractivity contribution in [2.75, 3.05) is 23.3 Å². The fourth-order valence-corrected chi connectivity index (χ4v) is 4.64. The number of rotatable bonds is 7. The smallest absolute Gasteiger partial charge is 0.264 e. The Bertz CT molecular complexity index is 1490. The fourth-order valence-electron chi connectivity index (χ4n) is 3.41. The van der Waals surface area contributed by atoms with E-state index in [1.807, 2.05) is 24.3 Å². The molecule has 6 nitrogen and oxygen atoms in total. The number of sulfonamides is 1. The molecule has 0 bridgehead atoms. The Labute approximate surface area is 198 Å². The second kappa shape index (κ2) is 9.69. The summed E-state index contributed by atoms with van der Waals surface area (Å²) in [7, 11) is -2.25. The third-order valence-electron chi connectivity index (χ3n) is 5.26. The molecule has 4 aromatic rings. The Morgan fingerprint density at radius 2 is 1.68 bits per heavy atom. The van der Waals surface area contributed by atoms with Crippen LogP contribution in [-0.2, 0) is 14.8 Å². The molecule has 0 spiro atoms. The van der Waals surface area contributed by atoms with Gasteiger partial charge in [0.15, 0.2) is 6.61 Å². The summed E-state index contributed by atoms with van der Waals surface area (Å²) in [5.74, 6) is 2.61. The molecule has 0 aliphatic rings. The Hall–Kier alpha value is -4.28. The van der Waals surface area contributed by atoms with E-state index in [1.54, 1.807) is 66.7 Å². The largest absolute Gasteiger partial charge is 0.484 e. The van der Waals surface area contributed by atoms with E-state index in [1.165, 1.54) is 11.4 Å². The summed E-state index contributed by atoms with van der Waals surface area (Å²) in [5.41, 5.74) is 1.72. The van der Waals surface area contributed by atoms with Gasteiger partial charge in [-0.1, -0.05) is 42.3 Å². The first-order valence-electron chi connectivity index (χ1n) is 10.4. The van der Waals surface area contributed by atoms with Crippen molar-refractivity contribution >= 4 is 38.1 Å². The van der Waals surface area contributed by atoms with Crippen LogP contribution < -0.4 is 14.4 Å². The Morgan fingerprint density at radius 3 is 2.41 bits per heavy atom. The van der Waals surface area contributed by atoms with Gasteiger partial charge in [0.05, 0.1) is 10.6 Å². The van der Waals surface area contributed by atoms with E-state index in [0.717, 1.165) is 10.8 Å². The Balaban J connectivity index is 1.41. The van der Waals surface area contributed by atoms with Crippen molar-refractivity contribution in [2.45, 2.75) is 4.90 Å². The zero-order chi connectivity index (χ0) is 24.1. The molecule has 0 saturated carbocycles. The lowest BCUT2D eigenvalue weighted by molar-refractivity contribution is -0.118. The summed E-state index contributed by atoms with van der Waals surface area (Å²) in [4.78, 5) is 12.4. The van der Waals surface area contributed by atoms with E-state index in [4.69, 9.17) is 11.2 Å². The van der Waals surface area contributed by atoms with Crippen molar-refractivity contribution in [3.63, 3.8) is 0 Å². The predicted molar refractivity (Wildman–Crippen MR) is 134 cm³/mol. The van der Waals surface area contributed by atoms with Crippen LogP contribution >= 0.6 is 0 Å². The number of benzene rings is 4. The van der Waals surface area contributed by atoms with Crippen molar-refractivity contribution in [2.24, 2.45) is 0 Å². The van der Waals surface area contributed by atoms with Crippen molar-refractivity contribution in [1.82, 2.24) is 0 Å². The molecule has 170 valence electrons. The normalized spacial score (nSPS) is 10.9. The van der Waals surface area contributed by atoms with Crippen LogP contribution in [0.3, 0.4) is 0 Å². The minimum Gasteiger partial charge on any atom is -0.484 e. The maximum absolute atomic E-state index is 13.1. The number of anilines is 2. The molecule has 0 radical (unpaired) electrons. The molecule has 0 aliphatic carbocycles. The van der Waals surface area contributed by atoms with Crippen molar-refractivity contribution < 1.29 is 17.9 Å². The predicted octanol–water partition coefficient (Wildman–Crippen LogP) is 4.66. The SMILES string of the molecule is C#Cc1cccc(NC(=O)COc2ccc(N(C)S(=O)(=O)c3ccc4ccccc4c3)cc2)c1. The zero-order valence-electron chi connectivity index (χ0n) is 18.4. The number of nitrogens with one attached hydrogen (secondary N) is 1. The van der Waals surface area contributed by atoms with Crippen molar-refractivity contribution in [3.05, 3.63) is 96.6 Å². The molecular weight excluding hydrogens is 448 g/mol. The van der Waals surface area contributed by atoms with Crippen LogP contribution in [-0.4, -0.2) is 28.0 Å². The fraction of sp³-hybridized carbons (Fsp3) is 0.0741. The molecule has 34 heavy (non-hydrogen) atoms. The zero-order valence-corrected chi connectivity index (χ0v) is 19.2. The van der Waals surface area contributed by atoms with Crippen molar-refractivity contribution in [3.8, 4) is 18.1 Å². The second-order valence-electron chi connectivity index (χ2n) is 7.54. The second-order valence-corrected chi connectivity index (χ2v) is 9.51. The number of amides is 1. The standard InChI is InChI=1S/C27H22N2O4S/c1-3-20-7-6-10-23(17-20)28-27(30)19-33-25-14-12-24(13-15-25)29(2)34(31,32)26-16-11-21-8-4-5-9-22(21)18-26/h1,4-18H,19H2,2H3,(H,28,30). The van der Waals surface area contributed by atoms with Gasteiger partial charge in [0.1, 0.15) is 5.75 Å². The van der Waals surface area contributed by atoms with Gasteiger partial charge in [-0.2, -0.15) is 0 Å². The summed E-state index contributed by atoms with van der Waals surface area (Å²) in [5, 5.41) is 4.54. The van der Waals surface area contributed by atoms with Crippen LogP contribution in [0.2, 0.25) is 0 Å². The molecule has 0 saturated heterocycles. The lowest BCUT2D eigenvalue weighted by atomic mass is 10.1. The van der Waals surface area contributed by atoms with Gasteiger partial charge in [-0.3, -0.25) is 9.10 Å². The third kappa shape index (κ3) is 5.03. The summed E-state index contributed by atoms with van der Waals surface area (Å²) < 4.78 is 33.0. The molecule has 0 atom stereocenters. The highest BCUT2D eigenvalue weighted by Gasteiger charge is 2.21. The highest BCUT2D eigenvalue weighted by molar-refractivity contribution is 7.92. The highest BCUT2D eigenvalue weighted by atomic mass is 32.2. The molecule has 1 N–H and O–H groups in total. The molecule has 0 aromatic heterocycles. The number of terminal acetylenes is 1. The Kier molecular flexibility index (Phi) is 6.53. The summed E-state index contributed by atoms with van der Waals surface area (Å²) in [6, 6.07) is 26.1. The summed E-state index contributed by atoms with van der Waals surface area (Å²) in [6.45, 7) is -0.204. The minimum atomic E-state index is -3.75. The number of ether oxygens (including phenoxy) is 1. The minimum absolute atomic E-state index is 0.204. The molecule has 7 heteroatoms. The van der Waals surface area contributed by atoms with Gasteiger partial charge >= 0.3 is 0 Å². The van der Waals surface area contributed by atoms with Crippen LogP contribution in [0.4, 0.5) is 11.4 Å². The summed E-state index contributed by atoms with van der Waals surface area (Å²) in [6.07, 6.45) is 5.37. The average Bonchev–Trinajstić information content (AvgIpc) is 2.87. The van der Waals surface area contributed by atoms with Gasteiger partial charge in [-0.15, -0.1) is 6.42 Å². The third-order valence-corrected chi connectivity index (χ3v) is 7.04. The van der Waals surface area contributed by atoms with E-state index in [9.17, 15) is 13.2 Å². The highest BCUT2D eigenvalue weighted by Crippen LogP contribution is 2.26. The molecule has 0 heterocycles. The maximum Gasteiger partial charge on any atom is 0.264 e. The lowest BCUT2D eigenvalue weighted by Crippen LogP contribution is -2.26. The molecule has 0 fully saturated rings. The van der Waals surface area contributed by atoms with Gasteiger partial charge in [0.25, 0.3) is 15.9 Å². The molecular formula is C27H22N2O4S. The quantitative estimate of drug-likeness (QED) is 0.399. The van der Waals surface area contributed by atoms with Gasteiger partial charge in [-0.25, -0.2) is 8.42 Å². The summed E-state index contributed by atoms with van der Waals surface area (Å²) >= 11 is 0.